The van der Waals surface area contributed by atoms with Gasteiger partial charge in [0.15, 0.2) is 6.04 Å². The number of ether oxygens (including phenoxy) is 1. The number of hydrogen-bond acceptors (Lipinski definition) is 3. The molecule has 0 aromatic carbocycles. The number of carboxylic acid groups (broad SMARTS) is 1. The van der Waals surface area contributed by atoms with Crippen LogP contribution in [0.2, 0.25) is 0 Å². The van der Waals surface area contributed by atoms with Crippen LogP contribution in [-0.4, -0.2) is 47.7 Å². The molecule has 2 aliphatic rings. The van der Waals surface area contributed by atoms with Gasteiger partial charge in [-0.25, -0.2) is 4.79 Å². The lowest BCUT2D eigenvalue weighted by molar-refractivity contribution is -0.158. The van der Waals surface area contributed by atoms with Crippen molar-refractivity contribution in [1.82, 2.24) is 4.90 Å². The average Bonchev–Trinajstić information content (AvgIpc) is 2.81. The summed E-state index contributed by atoms with van der Waals surface area (Å²) in [5, 5.41) is 9.03. The normalized spacial score (nSPS) is 28.4. The fourth-order valence-corrected chi connectivity index (χ4v) is 2.31. The summed E-state index contributed by atoms with van der Waals surface area (Å²) in [5.74, 6) is -0.781. The Balaban J connectivity index is 1.95. The van der Waals surface area contributed by atoms with E-state index in [0.29, 0.717) is 19.6 Å². The molecule has 1 amide bonds. The van der Waals surface area contributed by atoms with Crippen molar-refractivity contribution in [3.05, 3.63) is 12.2 Å². The highest BCUT2D eigenvalue weighted by Gasteiger charge is 2.33. The first kappa shape index (κ1) is 12.1. The van der Waals surface area contributed by atoms with E-state index in [1.54, 1.807) is 0 Å². The lowest BCUT2D eigenvalue weighted by Gasteiger charge is -2.33. The number of carbonyl (C=O) groups excluding carboxylic acids is 1. The van der Waals surface area contributed by atoms with E-state index in [0.717, 1.165) is 12.8 Å². The second kappa shape index (κ2) is 5.31. The second-order valence-corrected chi connectivity index (χ2v) is 4.49. The number of aliphatic carboxylic acids is 1. The van der Waals surface area contributed by atoms with Crippen molar-refractivity contribution in [3.8, 4) is 0 Å². The van der Waals surface area contributed by atoms with Gasteiger partial charge in [0.25, 0.3) is 0 Å². The smallest absolute Gasteiger partial charge is 0.328 e. The average molecular weight is 239 g/mol. The minimum absolute atomic E-state index is 0.0720. The van der Waals surface area contributed by atoms with Crippen LogP contribution in [0.1, 0.15) is 19.3 Å². The summed E-state index contributed by atoms with van der Waals surface area (Å²) in [7, 11) is 0. The van der Waals surface area contributed by atoms with Crippen molar-refractivity contribution in [2.24, 2.45) is 5.92 Å². The topological polar surface area (TPSA) is 66.8 Å². The highest BCUT2D eigenvalue weighted by Crippen LogP contribution is 2.22. The number of amides is 1. The van der Waals surface area contributed by atoms with Crippen LogP contribution in [0.25, 0.3) is 0 Å². The summed E-state index contributed by atoms with van der Waals surface area (Å²) in [6.45, 7) is 0.907. The number of allylic oxidation sites excluding steroid dienone is 2. The zero-order valence-electron chi connectivity index (χ0n) is 9.67. The molecular formula is C12H17NO4. The highest BCUT2D eigenvalue weighted by atomic mass is 16.5. The third-order valence-electron chi connectivity index (χ3n) is 3.28. The first-order chi connectivity index (χ1) is 8.18. The SMILES string of the molecule is O=C(O)[C@H]1COCCN1C(=O)C[C@@H]1C=CCC1. The van der Waals surface area contributed by atoms with E-state index in [-0.39, 0.29) is 18.4 Å². The van der Waals surface area contributed by atoms with E-state index in [9.17, 15) is 9.59 Å². The molecule has 5 heteroatoms. The van der Waals surface area contributed by atoms with Gasteiger partial charge < -0.3 is 14.7 Å². The first-order valence-corrected chi connectivity index (χ1v) is 5.95. The molecule has 0 aromatic heterocycles. The lowest BCUT2D eigenvalue weighted by Crippen LogP contribution is -2.52. The minimum Gasteiger partial charge on any atom is -0.480 e. The number of carboxylic acids is 1. The van der Waals surface area contributed by atoms with Gasteiger partial charge in [-0.15, -0.1) is 0 Å². The summed E-state index contributed by atoms with van der Waals surface area (Å²) < 4.78 is 5.11. The molecule has 0 aromatic rings. The molecule has 2 atom stereocenters. The van der Waals surface area contributed by atoms with Gasteiger partial charge in [0.2, 0.25) is 5.91 Å². The molecule has 0 bridgehead atoms. The Kier molecular flexibility index (Phi) is 3.78. The largest absolute Gasteiger partial charge is 0.480 e. The van der Waals surface area contributed by atoms with Gasteiger partial charge in [-0.2, -0.15) is 0 Å². The Labute approximate surface area is 100 Å². The van der Waals surface area contributed by atoms with Crippen molar-refractivity contribution < 1.29 is 19.4 Å². The number of nitrogens with zero attached hydrogens (tertiary/aromatic N) is 1. The third-order valence-corrected chi connectivity index (χ3v) is 3.28. The van der Waals surface area contributed by atoms with E-state index >= 15 is 0 Å². The van der Waals surface area contributed by atoms with Crippen molar-refractivity contribution >= 4 is 11.9 Å². The van der Waals surface area contributed by atoms with E-state index in [2.05, 4.69) is 6.08 Å². The third kappa shape index (κ3) is 2.85. The van der Waals surface area contributed by atoms with Crippen molar-refractivity contribution in [2.45, 2.75) is 25.3 Å². The molecule has 2 rings (SSSR count). The van der Waals surface area contributed by atoms with Crippen LogP contribution < -0.4 is 0 Å². The van der Waals surface area contributed by atoms with Gasteiger partial charge in [0.1, 0.15) is 0 Å². The fraction of sp³-hybridized carbons (Fsp3) is 0.667. The fourth-order valence-electron chi connectivity index (χ4n) is 2.31. The van der Waals surface area contributed by atoms with Crippen molar-refractivity contribution in [3.63, 3.8) is 0 Å². The van der Waals surface area contributed by atoms with Gasteiger partial charge in [-0.3, -0.25) is 4.79 Å². The van der Waals surface area contributed by atoms with Crippen LogP contribution in [0.3, 0.4) is 0 Å². The number of carbonyl (C=O) groups is 2. The number of rotatable bonds is 3. The van der Waals surface area contributed by atoms with Gasteiger partial charge >= 0.3 is 5.97 Å². The van der Waals surface area contributed by atoms with Crippen LogP contribution in [0.5, 0.6) is 0 Å². The van der Waals surface area contributed by atoms with E-state index in [4.69, 9.17) is 9.84 Å². The molecule has 1 saturated heterocycles. The van der Waals surface area contributed by atoms with Crippen LogP contribution in [-0.2, 0) is 14.3 Å². The second-order valence-electron chi connectivity index (χ2n) is 4.49. The number of hydrogen-bond donors (Lipinski definition) is 1. The predicted octanol–water partition coefficient (Wildman–Crippen LogP) is 0.655. The van der Waals surface area contributed by atoms with Gasteiger partial charge in [0, 0.05) is 13.0 Å². The first-order valence-electron chi connectivity index (χ1n) is 5.95. The Bertz CT molecular complexity index is 339. The van der Waals surface area contributed by atoms with E-state index in [1.165, 1.54) is 4.90 Å². The van der Waals surface area contributed by atoms with Crippen LogP contribution in [0, 0.1) is 5.92 Å². The van der Waals surface area contributed by atoms with Crippen LogP contribution >= 0.6 is 0 Å². The molecular weight excluding hydrogens is 222 g/mol. The molecule has 0 unspecified atom stereocenters. The molecule has 0 spiro atoms. The molecule has 0 saturated carbocycles. The van der Waals surface area contributed by atoms with E-state index in [1.807, 2.05) is 6.08 Å². The zero-order valence-corrected chi connectivity index (χ0v) is 9.67. The molecule has 1 fully saturated rings. The Morgan fingerprint density at radius 1 is 1.47 bits per heavy atom. The molecule has 1 aliphatic carbocycles. The summed E-state index contributed by atoms with van der Waals surface area (Å²) in [5.41, 5.74) is 0. The molecule has 1 aliphatic heterocycles. The Hall–Kier alpha value is -1.36. The number of morpholine rings is 1. The summed E-state index contributed by atoms with van der Waals surface area (Å²) in [4.78, 5) is 24.5. The maximum Gasteiger partial charge on any atom is 0.328 e. The quantitative estimate of drug-likeness (QED) is 0.734. The maximum absolute atomic E-state index is 12.0. The molecule has 5 nitrogen and oxygen atoms in total. The van der Waals surface area contributed by atoms with Crippen molar-refractivity contribution in [1.29, 1.82) is 0 Å². The molecule has 94 valence electrons. The standard InChI is InChI=1S/C12H17NO4/c14-11(7-9-3-1-2-4-9)13-5-6-17-8-10(13)12(15)16/h1,3,9-10H,2,4-8H2,(H,15,16)/t9-,10-/m1/s1. The lowest BCUT2D eigenvalue weighted by atomic mass is 10.0. The Morgan fingerprint density at radius 2 is 2.29 bits per heavy atom. The monoisotopic (exact) mass is 239 g/mol. The van der Waals surface area contributed by atoms with Gasteiger partial charge in [0.05, 0.1) is 13.2 Å². The molecule has 17 heavy (non-hydrogen) atoms. The maximum atomic E-state index is 12.0. The zero-order chi connectivity index (χ0) is 12.3. The van der Waals surface area contributed by atoms with Crippen LogP contribution in [0.4, 0.5) is 0 Å². The molecule has 0 radical (unpaired) electrons. The van der Waals surface area contributed by atoms with Gasteiger partial charge in [-0.1, -0.05) is 12.2 Å². The highest BCUT2D eigenvalue weighted by molar-refractivity contribution is 5.84. The van der Waals surface area contributed by atoms with Crippen LogP contribution in [0.15, 0.2) is 12.2 Å². The Morgan fingerprint density at radius 3 is 2.94 bits per heavy atom. The summed E-state index contributed by atoms with van der Waals surface area (Å²) >= 11 is 0. The predicted molar refractivity (Wildman–Crippen MR) is 60.4 cm³/mol. The minimum atomic E-state index is -0.986. The van der Waals surface area contributed by atoms with E-state index < -0.39 is 12.0 Å². The molecule has 1 N–H and O–H groups in total. The molecule has 1 heterocycles. The summed E-state index contributed by atoms with van der Waals surface area (Å²) in [6.07, 6.45) is 6.55. The summed E-state index contributed by atoms with van der Waals surface area (Å²) in [6, 6.07) is -0.818. The van der Waals surface area contributed by atoms with Crippen molar-refractivity contribution in [2.75, 3.05) is 19.8 Å². The van der Waals surface area contributed by atoms with Gasteiger partial charge in [-0.05, 0) is 18.8 Å².